The molecule has 3 aromatic carbocycles. The average Bonchev–Trinajstić information content (AvgIpc) is 3.66. The first-order chi connectivity index (χ1) is 25.6. The molecule has 2 bridgehead atoms. The van der Waals surface area contributed by atoms with Gasteiger partial charge in [-0.2, -0.15) is 0 Å². The molecule has 3 fully saturated rings. The Morgan fingerprint density at radius 3 is 2.26 bits per heavy atom. The number of nitrogens with zero attached hydrogens (tertiary/aromatic N) is 1. The number of fused-ring (bicyclic) bond motifs is 2. The number of hydrogen-bond acceptors (Lipinski definition) is 9. The van der Waals surface area contributed by atoms with Gasteiger partial charge in [0.1, 0.15) is 24.1 Å². The van der Waals surface area contributed by atoms with E-state index in [-0.39, 0.29) is 30.1 Å². The number of hydrogen-bond donors (Lipinski definition) is 2. The molecule has 3 saturated heterocycles. The number of nitrogens with one attached hydrogen (secondary N) is 2. The summed E-state index contributed by atoms with van der Waals surface area (Å²) in [5.74, 6) is 0.187. The maximum atomic E-state index is 13.6. The van der Waals surface area contributed by atoms with Crippen molar-refractivity contribution < 1.29 is 42.8 Å². The van der Waals surface area contributed by atoms with Crippen LogP contribution in [-0.4, -0.2) is 87.1 Å². The number of benzene rings is 3. The van der Waals surface area contributed by atoms with Crippen molar-refractivity contribution >= 4 is 18.1 Å². The number of likely N-dealkylation sites (tertiary alicyclic amines) is 1. The number of rotatable bonds is 13. The van der Waals surface area contributed by atoms with Gasteiger partial charge in [0.2, 0.25) is 0 Å². The lowest BCUT2D eigenvalue weighted by atomic mass is 9.85. The third-order valence-corrected chi connectivity index (χ3v) is 9.45. The van der Waals surface area contributed by atoms with Gasteiger partial charge < -0.3 is 44.0 Å². The molecule has 12 nitrogen and oxygen atoms in total. The highest BCUT2D eigenvalue weighted by Crippen LogP contribution is 2.32. The summed E-state index contributed by atoms with van der Waals surface area (Å²) in [7, 11) is 0. The number of amides is 3. The molecule has 284 valence electrons. The number of piperidine rings is 1. The van der Waals surface area contributed by atoms with Crippen molar-refractivity contribution in [1.82, 2.24) is 15.5 Å². The Bertz CT molecular complexity index is 1640. The molecule has 53 heavy (non-hydrogen) atoms. The fourth-order valence-electron chi connectivity index (χ4n) is 6.86. The summed E-state index contributed by atoms with van der Waals surface area (Å²) < 4.78 is 34.6. The van der Waals surface area contributed by atoms with E-state index in [1.165, 1.54) is 0 Å². The quantitative estimate of drug-likeness (QED) is 0.196. The van der Waals surface area contributed by atoms with Crippen molar-refractivity contribution in [1.29, 1.82) is 0 Å². The van der Waals surface area contributed by atoms with Crippen LogP contribution in [0.1, 0.15) is 73.1 Å². The maximum absolute atomic E-state index is 13.6. The Morgan fingerprint density at radius 2 is 1.57 bits per heavy atom. The van der Waals surface area contributed by atoms with Gasteiger partial charge in [-0.05, 0) is 81.0 Å². The first-order valence-corrected chi connectivity index (χ1v) is 18.5. The molecule has 3 heterocycles. The lowest BCUT2D eigenvalue weighted by molar-refractivity contribution is -0.124. The number of carbonyl (C=O) groups excluding carboxylic acids is 3. The largest absolute Gasteiger partial charge is 0.489 e. The predicted molar refractivity (Wildman–Crippen MR) is 196 cm³/mol. The molecule has 6 rings (SSSR count). The molecule has 3 aliphatic heterocycles. The molecule has 12 heteroatoms. The molecule has 3 unspecified atom stereocenters. The Kier molecular flexibility index (Phi) is 12.9. The van der Waals surface area contributed by atoms with E-state index in [2.05, 4.69) is 10.6 Å². The molecule has 2 N–H and O–H groups in total. The van der Waals surface area contributed by atoms with E-state index >= 15 is 0 Å². The van der Waals surface area contributed by atoms with Gasteiger partial charge in [0.25, 0.3) is 5.91 Å². The summed E-state index contributed by atoms with van der Waals surface area (Å²) >= 11 is 0. The summed E-state index contributed by atoms with van der Waals surface area (Å²) in [6.45, 7) is 9.27. The third-order valence-electron chi connectivity index (χ3n) is 9.45. The van der Waals surface area contributed by atoms with Crippen molar-refractivity contribution in [2.45, 2.75) is 70.7 Å². The van der Waals surface area contributed by atoms with Crippen LogP contribution in [0.2, 0.25) is 0 Å². The van der Waals surface area contributed by atoms with Gasteiger partial charge in [-0.1, -0.05) is 54.6 Å². The zero-order valence-corrected chi connectivity index (χ0v) is 30.8. The van der Waals surface area contributed by atoms with Crippen LogP contribution in [0.4, 0.5) is 9.59 Å². The molecule has 3 amide bonds. The molecule has 3 aromatic rings. The highest BCUT2D eigenvalue weighted by atomic mass is 16.7. The van der Waals surface area contributed by atoms with Crippen LogP contribution < -0.4 is 15.4 Å². The van der Waals surface area contributed by atoms with Crippen LogP contribution in [0.25, 0.3) is 0 Å². The van der Waals surface area contributed by atoms with Gasteiger partial charge in [0.15, 0.2) is 6.29 Å². The topological polar surface area (TPSA) is 134 Å². The van der Waals surface area contributed by atoms with Gasteiger partial charge in [0, 0.05) is 37.0 Å². The Labute approximate surface area is 311 Å². The minimum absolute atomic E-state index is 0.112. The van der Waals surface area contributed by atoms with Crippen molar-refractivity contribution in [3.05, 3.63) is 101 Å². The van der Waals surface area contributed by atoms with Gasteiger partial charge in [-0.25, -0.2) is 9.59 Å². The number of unbranched alkanes of at least 4 members (excludes halogenated alkanes) is 1. The van der Waals surface area contributed by atoms with E-state index < -0.39 is 23.8 Å². The SMILES string of the molecule is CC(C)(C)OC(=O)N1CC2COCC(C1)C2OC(=O)NC(c1ccccc1)c1cccc(OCc2ccc(C(=O)NCCCCC3OCCO3)cc2)c1. The fraction of sp³-hybridized carbons (Fsp3) is 0.488. The van der Waals surface area contributed by atoms with E-state index in [0.29, 0.717) is 64.0 Å². The highest BCUT2D eigenvalue weighted by molar-refractivity contribution is 5.94. The van der Waals surface area contributed by atoms with E-state index in [1.54, 1.807) is 17.0 Å². The van der Waals surface area contributed by atoms with Crippen molar-refractivity contribution in [3.8, 4) is 5.75 Å². The molecule has 3 aliphatic rings. The summed E-state index contributed by atoms with van der Waals surface area (Å²) in [5.41, 5.74) is 2.61. The molecule has 0 spiro atoms. The zero-order chi connectivity index (χ0) is 37.2. The lowest BCUT2D eigenvalue weighted by Crippen LogP contribution is -2.59. The van der Waals surface area contributed by atoms with Crippen LogP contribution in [-0.2, 0) is 30.3 Å². The second-order valence-electron chi connectivity index (χ2n) is 14.8. The normalized spacial score (nSPS) is 20.7. The molecular weight excluding hydrogens is 678 g/mol. The molecule has 0 aromatic heterocycles. The second kappa shape index (κ2) is 17.9. The van der Waals surface area contributed by atoms with E-state index in [4.69, 9.17) is 28.4 Å². The Balaban J connectivity index is 1.03. The monoisotopic (exact) mass is 729 g/mol. The summed E-state index contributed by atoms with van der Waals surface area (Å²) in [5, 5.41) is 6.07. The van der Waals surface area contributed by atoms with Crippen molar-refractivity contribution in [3.63, 3.8) is 0 Å². The number of carbonyl (C=O) groups is 3. The molecule has 3 atom stereocenters. The van der Waals surface area contributed by atoms with Crippen molar-refractivity contribution in [2.24, 2.45) is 11.8 Å². The molecule has 0 aliphatic carbocycles. The minimum Gasteiger partial charge on any atom is -0.489 e. The molecule has 0 saturated carbocycles. The maximum Gasteiger partial charge on any atom is 0.410 e. The standard InChI is InChI=1S/C41H51N3O9/c1-41(2,3)53-40(47)44-23-32-26-48-27-33(24-44)37(32)52-39(46)43-36(29-10-5-4-6-11-29)31-12-9-13-34(22-31)51-25-28-15-17-30(18-16-28)38(45)42-19-8-7-14-35-49-20-21-50-35/h4-6,9-13,15-18,22,32-33,35-37H,7-8,14,19-21,23-27H2,1-3H3,(H,42,45)(H,43,46). The van der Waals surface area contributed by atoms with E-state index in [9.17, 15) is 14.4 Å². The molecular formula is C41H51N3O9. The van der Waals surface area contributed by atoms with Crippen LogP contribution in [0.15, 0.2) is 78.9 Å². The van der Waals surface area contributed by atoms with Gasteiger partial charge in [0.05, 0.1) is 32.5 Å². The van der Waals surface area contributed by atoms with Gasteiger partial charge >= 0.3 is 12.2 Å². The summed E-state index contributed by atoms with van der Waals surface area (Å²) in [4.78, 5) is 40.7. The zero-order valence-electron chi connectivity index (χ0n) is 30.8. The highest BCUT2D eigenvalue weighted by Gasteiger charge is 2.45. The minimum atomic E-state index is -0.600. The number of alkyl carbamates (subject to hydrolysis) is 1. The Morgan fingerprint density at radius 1 is 0.868 bits per heavy atom. The summed E-state index contributed by atoms with van der Waals surface area (Å²) in [6.07, 6.45) is 1.18. The van der Waals surface area contributed by atoms with Crippen LogP contribution in [0.3, 0.4) is 0 Å². The Hall–Kier alpha value is -4.65. The van der Waals surface area contributed by atoms with Crippen LogP contribution in [0, 0.1) is 11.8 Å². The van der Waals surface area contributed by atoms with Crippen molar-refractivity contribution in [2.75, 3.05) is 46.1 Å². The lowest BCUT2D eigenvalue weighted by Gasteiger charge is -2.46. The average molecular weight is 730 g/mol. The smallest absolute Gasteiger partial charge is 0.410 e. The van der Waals surface area contributed by atoms with Crippen LogP contribution in [0.5, 0.6) is 5.75 Å². The second-order valence-corrected chi connectivity index (χ2v) is 14.8. The van der Waals surface area contributed by atoms with Crippen LogP contribution >= 0.6 is 0 Å². The molecule has 0 radical (unpaired) electrons. The number of ether oxygens (including phenoxy) is 6. The van der Waals surface area contributed by atoms with E-state index in [0.717, 1.165) is 36.0 Å². The van der Waals surface area contributed by atoms with Gasteiger partial charge in [-0.3, -0.25) is 4.79 Å². The third kappa shape index (κ3) is 10.9. The fourth-order valence-corrected chi connectivity index (χ4v) is 6.86. The first-order valence-electron chi connectivity index (χ1n) is 18.5. The summed E-state index contributed by atoms with van der Waals surface area (Å²) in [6, 6.07) is 24.2. The van der Waals surface area contributed by atoms with Gasteiger partial charge in [-0.15, -0.1) is 0 Å². The van der Waals surface area contributed by atoms with E-state index in [1.807, 2.05) is 87.5 Å². The first kappa shape index (κ1) is 38.1. The predicted octanol–water partition coefficient (Wildman–Crippen LogP) is 6.24.